The topological polar surface area (TPSA) is 41.5 Å². The average molecular weight is 310 g/mol. The fraction of sp³-hybridized carbons (Fsp3) is 0.200. The lowest BCUT2D eigenvalue weighted by Gasteiger charge is -2.27. The molecular weight excluding hydrogens is 297 g/mol. The number of anilines is 1. The third-order valence-electron chi connectivity index (χ3n) is 3.32. The summed E-state index contributed by atoms with van der Waals surface area (Å²) in [5, 5.41) is 13.4. The van der Waals surface area contributed by atoms with Crippen LogP contribution in [0.25, 0.3) is 0 Å². The summed E-state index contributed by atoms with van der Waals surface area (Å²) in [5.74, 6) is 0.804. The number of fused-ring (bicyclic) bond motifs is 1. The van der Waals surface area contributed by atoms with Gasteiger partial charge in [0.2, 0.25) is 0 Å². The van der Waals surface area contributed by atoms with E-state index < -0.39 is 0 Å². The maximum atomic E-state index is 9.58. The molecule has 2 aromatic carbocycles. The van der Waals surface area contributed by atoms with Crippen molar-refractivity contribution in [1.82, 2.24) is 0 Å². The molecule has 2 N–H and O–H groups in total. The van der Waals surface area contributed by atoms with E-state index in [4.69, 9.17) is 27.9 Å². The van der Waals surface area contributed by atoms with Crippen LogP contribution in [-0.4, -0.2) is 11.7 Å². The normalized spacial score (nSPS) is 17.2. The number of halogens is 2. The molecule has 0 aromatic heterocycles. The van der Waals surface area contributed by atoms with Crippen molar-refractivity contribution in [3.63, 3.8) is 0 Å². The van der Waals surface area contributed by atoms with E-state index in [-0.39, 0.29) is 21.8 Å². The smallest absolute Gasteiger partial charge is 0.152 e. The molecular formula is C15H13Cl2NO2. The molecule has 0 radical (unpaired) electrons. The lowest BCUT2D eigenvalue weighted by molar-refractivity contribution is 0.274. The lowest BCUT2D eigenvalue weighted by atomic mass is 10.0. The summed E-state index contributed by atoms with van der Waals surface area (Å²) in [6, 6.07) is 11.4. The highest BCUT2D eigenvalue weighted by molar-refractivity contribution is 6.37. The van der Waals surface area contributed by atoms with E-state index in [1.54, 1.807) is 12.1 Å². The van der Waals surface area contributed by atoms with Gasteiger partial charge in [0, 0.05) is 17.7 Å². The number of hydrogen-bond donors (Lipinski definition) is 2. The molecule has 3 rings (SSSR count). The quantitative estimate of drug-likeness (QED) is 0.794. The van der Waals surface area contributed by atoms with Crippen LogP contribution in [0.5, 0.6) is 11.5 Å². The Balaban J connectivity index is 1.89. The SMILES string of the molecule is Oc1c(Cl)cc(NC2CCOc3ccccc32)cc1Cl. The Morgan fingerprint density at radius 2 is 1.85 bits per heavy atom. The van der Waals surface area contributed by atoms with Gasteiger partial charge < -0.3 is 15.2 Å². The van der Waals surface area contributed by atoms with Crippen LogP contribution >= 0.6 is 23.2 Å². The van der Waals surface area contributed by atoms with Crippen molar-refractivity contribution >= 4 is 28.9 Å². The summed E-state index contributed by atoms with van der Waals surface area (Å²) in [7, 11) is 0. The van der Waals surface area contributed by atoms with Crippen LogP contribution in [0.2, 0.25) is 10.0 Å². The maximum Gasteiger partial charge on any atom is 0.152 e. The summed E-state index contributed by atoms with van der Waals surface area (Å²) in [5.41, 5.74) is 1.89. The number of nitrogens with one attached hydrogen (secondary N) is 1. The summed E-state index contributed by atoms with van der Waals surface area (Å²) in [4.78, 5) is 0. The second-order valence-electron chi connectivity index (χ2n) is 4.66. The van der Waals surface area contributed by atoms with Crippen LogP contribution < -0.4 is 10.1 Å². The van der Waals surface area contributed by atoms with Crippen LogP contribution in [0.4, 0.5) is 5.69 Å². The molecule has 0 amide bonds. The molecule has 0 bridgehead atoms. The summed E-state index contributed by atoms with van der Waals surface area (Å²) >= 11 is 11.9. The fourth-order valence-corrected chi connectivity index (χ4v) is 2.83. The van der Waals surface area contributed by atoms with Crippen molar-refractivity contribution in [1.29, 1.82) is 0 Å². The zero-order valence-electron chi connectivity index (χ0n) is 10.6. The molecule has 0 saturated carbocycles. The van der Waals surface area contributed by atoms with Gasteiger partial charge >= 0.3 is 0 Å². The van der Waals surface area contributed by atoms with Crippen LogP contribution in [0.3, 0.4) is 0 Å². The number of ether oxygens (including phenoxy) is 1. The van der Waals surface area contributed by atoms with Crippen molar-refractivity contribution in [3.05, 3.63) is 52.0 Å². The van der Waals surface area contributed by atoms with E-state index in [1.165, 1.54) is 0 Å². The Morgan fingerprint density at radius 1 is 1.15 bits per heavy atom. The molecule has 5 heteroatoms. The third kappa shape index (κ3) is 2.51. The summed E-state index contributed by atoms with van der Waals surface area (Å²) in [6.45, 7) is 0.661. The number of phenolic OH excluding ortho intramolecular Hbond substituents is 1. The molecule has 2 aromatic rings. The molecule has 1 aliphatic rings. The largest absolute Gasteiger partial charge is 0.505 e. The Bertz CT molecular complexity index is 623. The highest BCUT2D eigenvalue weighted by Crippen LogP contribution is 2.38. The van der Waals surface area contributed by atoms with E-state index in [0.29, 0.717) is 6.61 Å². The first kappa shape index (κ1) is 13.4. The number of aromatic hydroxyl groups is 1. The Kier molecular flexibility index (Phi) is 3.64. The zero-order chi connectivity index (χ0) is 14.1. The molecule has 0 saturated heterocycles. The van der Waals surface area contributed by atoms with Crippen LogP contribution in [0, 0.1) is 0 Å². The average Bonchev–Trinajstić information content (AvgIpc) is 2.45. The van der Waals surface area contributed by atoms with Crippen molar-refractivity contribution in [2.75, 3.05) is 11.9 Å². The number of hydrogen-bond acceptors (Lipinski definition) is 3. The van der Waals surface area contributed by atoms with Gasteiger partial charge in [-0.25, -0.2) is 0 Å². The van der Waals surface area contributed by atoms with Crippen LogP contribution in [0.1, 0.15) is 18.0 Å². The van der Waals surface area contributed by atoms with Crippen molar-refractivity contribution in [2.24, 2.45) is 0 Å². The predicted octanol–water partition coefficient (Wildman–Crippen LogP) is 4.63. The molecule has 104 valence electrons. The van der Waals surface area contributed by atoms with Gasteiger partial charge in [-0.3, -0.25) is 0 Å². The molecule has 0 aliphatic carbocycles. The van der Waals surface area contributed by atoms with Gasteiger partial charge in [0.25, 0.3) is 0 Å². The van der Waals surface area contributed by atoms with Crippen molar-refractivity contribution in [3.8, 4) is 11.5 Å². The molecule has 1 aliphatic heterocycles. The van der Waals surface area contributed by atoms with Crippen molar-refractivity contribution in [2.45, 2.75) is 12.5 Å². The minimum Gasteiger partial charge on any atom is -0.505 e. The molecule has 0 spiro atoms. The van der Waals surface area contributed by atoms with Gasteiger partial charge in [0.05, 0.1) is 22.7 Å². The summed E-state index contributed by atoms with van der Waals surface area (Å²) < 4.78 is 5.63. The minimum absolute atomic E-state index is 0.0914. The molecule has 1 atom stereocenters. The van der Waals surface area contributed by atoms with E-state index >= 15 is 0 Å². The Morgan fingerprint density at radius 3 is 2.60 bits per heavy atom. The van der Waals surface area contributed by atoms with Gasteiger partial charge in [0.15, 0.2) is 5.75 Å². The number of phenols is 1. The third-order valence-corrected chi connectivity index (χ3v) is 3.89. The maximum absolute atomic E-state index is 9.58. The van der Waals surface area contributed by atoms with Gasteiger partial charge in [-0.05, 0) is 18.2 Å². The first-order chi connectivity index (χ1) is 9.65. The molecule has 1 heterocycles. The fourth-order valence-electron chi connectivity index (χ4n) is 2.34. The van der Waals surface area contributed by atoms with Gasteiger partial charge in [-0.2, -0.15) is 0 Å². The lowest BCUT2D eigenvalue weighted by Crippen LogP contribution is -2.20. The Hall–Kier alpha value is -1.58. The van der Waals surface area contributed by atoms with Gasteiger partial charge in [-0.1, -0.05) is 41.4 Å². The van der Waals surface area contributed by atoms with E-state index in [1.807, 2.05) is 24.3 Å². The molecule has 3 nitrogen and oxygen atoms in total. The first-order valence-corrected chi connectivity index (χ1v) is 7.07. The van der Waals surface area contributed by atoms with Crippen LogP contribution in [-0.2, 0) is 0 Å². The summed E-state index contributed by atoms with van der Waals surface area (Å²) in [6.07, 6.45) is 0.854. The molecule has 1 unspecified atom stereocenters. The number of para-hydroxylation sites is 1. The van der Waals surface area contributed by atoms with Gasteiger partial charge in [-0.15, -0.1) is 0 Å². The minimum atomic E-state index is -0.0914. The second kappa shape index (κ2) is 5.43. The highest BCUT2D eigenvalue weighted by Gasteiger charge is 2.21. The van der Waals surface area contributed by atoms with E-state index in [0.717, 1.165) is 23.4 Å². The zero-order valence-corrected chi connectivity index (χ0v) is 12.1. The van der Waals surface area contributed by atoms with Crippen LogP contribution in [0.15, 0.2) is 36.4 Å². The van der Waals surface area contributed by atoms with Gasteiger partial charge in [0.1, 0.15) is 5.75 Å². The van der Waals surface area contributed by atoms with Crippen molar-refractivity contribution < 1.29 is 9.84 Å². The first-order valence-electron chi connectivity index (χ1n) is 6.31. The number of rotatable bonds is 2. The van der Waals surface area contributed by atoms with E-state index in [2.05, 4.69) is 5.32 Å². The molecule has 0 fully saturated rings. The molecule has 20 heavy (non-hydrogen) atoms. The monoisotopic (exact) mass is 309 g/mol. The number of benzene rings is 2. The predicted molar refractivity (Wildman–Crippen MR) is 81.0 cm³/mol. The second-order valence-corrected chi connectivity index (χ2v) is 5.47. The van der Waals surface area contributed by atoms with E-state index in [9.17, 15) is 5.11 Å². The highest BCUT2D eigenvalue weighted by atomic mass is 35.5. The Labute approximate surface area is 127 Å². The standard InChI is InChI=1S/C15H13Cl2NO2/c16-11-7-9(8-12(17)15(11)19)18-13-5-6-20-14-4-2-1-3-10(13)14/h1-4,7-8,13,18-19H,5-6H2.